The van der Waals surface area contributed by atoms with Crippen LogP contribution in [0.5, 0.6) is 5.75 Å². The molecule has 0 heterocycles. The van der Waals surface area contributed by atoms with Crippen LogP contribution < -0.4 is 14.8 Å². The number of ether oxygens (including phenoxy) is 1. The normalized spacial score (nSPS) is 12.1. The van der Waals surface area contributed by atoms with Gasteiger partial charge in [-0.05, 0) is 17.7 Å². The predicted molar refractivity (Wildman–Crippen MR) is 84.5 cm³/mol. The third kappa shape index (κ3) is 6.43. The molecule has 1 aromatic carbocycles. The van der Waals surface area contributed by atoms with Gasteiger partial charge >= 0.3 is 0 Å². The van der Waals surface area contributed by atoms with E-state index in [1.54, 1.807) is 14.2 Å². The van der Waals surface area contributed by atoms with Gasteiger partial charge in [-0.15, -0.1) is 0 Å². The van der Waals surface area contributed by atoms with E-state index < -0.39 is 10.2 Å². The van der Waals surface area contributed by atoms with E-state index in [2.05, 4.69) is 10.0 Å². The molecule has 0 aliphatic rings. The van der Waals surface area contributed by atoms with Crippen LogP contribution in [0.1, 0.15) is 19.4 Å². The first kappa shape index (κ1) is 17.9. The van der Waals surface area contributed by atoms with Crippen molar-refractivity contribution in [3.05, 3.63) is 29.8 Å². The summed E-state index contributed by atoms with van der Waals surface area (Å²) in [7, 11) is -0.334. The predicted octanol–water partition coefficient (Wildman–Crippen LogP) is 0.959. The largest absolute Gasteiger partial charge is 0.497 e. The molecule has 0 aliphatic heterocycles. The maximum atomic E-state index is 12.1. The summed E-state index contributed by atoms with van der Waals surface area (Å²) in [6.45, 7) is 5.30. The molecule has 0 unspecified atom stereocenters. The molecule has 21 heavy (non-hydrogen) atoms. The second kappa shape index (κ2) is 8.33. The van der Waals surface area contributed by atoms with Crippen LogP contribution in [-0.2, 0) is 16.8 Å². The second-order valence-corrected chi connectivity index (χ2v) is 6.98. The Balaban J connectivity index is 2.54. The summed E-state index contributed by atoms with van der Waals surface area (Å²) in [5.41, 5.74) is 0.877. The van der Waals surface area contributed by atoms with E-state index in [1.807, 2.05) is 38.1 Å². The van der Waals surface area contributed by atoms with Crippen molar-refractivity contribution in [3.8, 4) is 5.75 Å². The lowest BCUT2D eigenvalue weighted by Gasteiger charge is -2.18. The van der Waals surface area contributed by atoms with Crippen molar-refractivity contribution in [1.29, 1.82) is 0 Å². The number of methoxy groups -OCH3 is 1. The number of nitrogens with zero attached hydrogens (tertiary/aromatic N) is 1. The lowest BCUT2D eigenvalue weighted by molar-refractivity contribution is 0.412. The first-order valence-electron chi connectivity index (χ1n) is 6.92. The minimum absolute atomic E-state index is 0.296. The van der Waals surface area contributed by atoms with Gasteiger partial charge in [0.15, 0.2) is 0 Å². The van der Waals surface area contributed by atoms with Crippen LogP contribution in [-0.4, -0.2) is 46.0 Å². The van der Waals surface area contributed by atoms with E-state index in [1.165, 1.54) is 4.31 Å². The lowest BCUT2D eigenvalue weighted by atomic mass is 10.2. The molecule has 0 bridgehead atoms. The third-order valence-corrected chi connectivity index (χ3v) is 4.43. The van der Waals surface area contributed by atoms with Gasteiger partial charge in [-0.1, -0.05) is 26.0 Å². The molecule has 0 spiro atoms. The quantitative estimate of drug-likeness (QED) is 0.666. The maximum absolute atomic E-state index is 12.1. The molecular weight excluding hydrogens is 290 g/mol. The van der Waals surface area contributed by atoms with Gasteiger partial charge in [-0.25, -0.2) is 4.72 Å². The highest BCUT2D eigenvalue weighted by molar-refractivity contribution is 7.87. The fraction of sp³-hybridized carbons (Fsp3) is 0.571. The van der Waals surface area contributed by atoms with Crippen molar-refractivity contribution in [2.24, 2.45) is 0 Å². The Morgan fingerprint density at radius 1 is 1.29 bits per heavy atom. The van der Waals surface area contributed by atoms with E-state index in [-0.39, 0.29) is 0 Å². The van der Waals surface area contributed by atoms with E-state index >= 15 is 0 Å². The topological polar surface area (TPSA) is 70.7 Å². The second-order valence-electron chi connectivity index (χ2n) is 5.12. The summed E-state index contributed by atoms with van der Waals surface area (Å²) in [5.74, 6) is 0.715. The minimum atomic E-state index is -3.47. The Labute approximate surface area is 127 Å². The van der Waals surface area contributed by atoms with Crippen LogP contribution in [0.4, 0.5) is 0 Å². The third-order valence-electron chi connectivity index (χ3n) is 2.91. The molecular formula is C14H25N3O3S. The molecule has 0 atom stereocenters. The van der Waals surface area contributed by atoms with Crippen molar-refractivity contribution in [2.75, 3.05) is 27.2 Å². The highest BCUT2D eigenvalue weighted by Crippen LogP contribution is 2.14. The van der Waals surface area contributed by atoms with E-state index in [4.69, 9.17) is 4.74 Å². The highest BCUT2D eigenvalue weighted by atomic mass is 32.2. The summed E-state index contributed by atoms with van der Waals surface area (Å²) in [4.78, 5) is 0. The fourth-order valence-electron chi connectivity index (χ4n) is 1.76. The average Bonchev–Trinajstić information content (AvgIpc) is 2.43. The summed E-state index contributed by atoms with van der Waals surface area (Å²) >= 11 is 0. The molecule has 2 N–H and O–H groups in total. The van der Waals surface area contributed by atoms with Crippen LogP contribution in [0.25, 0.3) is 0 Å². The number of benzene rings is 1. The molecule has 0 saturated heterocycles. The molecule has 0 saturated carbocycles. The SMILES string of the molecule is COc1cccc(CN(C)S(=O)(=O)NCCNC(C)C)c1. The molecule has 0 fully saturated rings. The summed E-state index contributed by atoms with van der Waals surface area (Å²) in [5, 5.41) is 3.16. The molecule has 0 aliphatic carbocycles. The molecule has 0 radical (unpaired) electrons. The van der Waals surface area contributed by atoms with Crippen LogP contribution in [0, 0.1) is 0 Å². The summed E-state index contributed by atoms with van der Waals surface area (Å²) in [6.07, 6.45) is 0. The van der Waals surface area contributed by atoms with Crippen molar-refractivity contribution in [3.63, 3.8) is 0 Å². The fourth-order valence-corrected chi connectivity index (χ4v) is 2.66. The van der Waals surface area contributed by atoms with Crippen LogP contribution >= 0.6 is 0 Å². The Morgan fingerprint density at radius 3 is 2.62 bits per heavy atom. The zero-order valence-corrected chi connectivity index (χ0v) is 13.9. The Bertz CT molecular complexity index is 532. The zero-order chi connectivity index (χ0) is 15.9. The van der Waals surface area contributed by atoms with Gasteiger partial charge in [-0.2, -0.15) is 12.7 Å². The number of hydrogen-bond acceptors (Lipinski definition) is 4. The number of rotatable bonds is 9. The van der Waals surface area contributed by atoms with Gasteiger partial charge < -0.3 is 10.1 Å². The maximum Gasteiger partial charge on any atom is 0.279 e. The molecule has 120 valence electrons. The Hall–Kier alpha value is -1.15. The van der Waals surface area contributed by atoms with Crippen LogP contribution in [0.2, 0.25) is 0 Å². The number of hydrogen-bond donors (Lipinski definition) is 2. The molecule has 7 heteroatoms. The first-order valence-corrected chi connectivity index (χ1v) is 8.36. The van der Waals surface area contributed by atoms with Crippen molar-refractivity contribution >= 4 is 10.2 Å². The Morgan fingerprint density at radius 2 is 2.00 bits per heavy atom. The van der Waals surface area contributed by atoms with E-state index in [0.717, 1.165) is 5.56 Å². The number of nitrogens with one attached hydrogen (secondary N) is 2. The molecule has 1 rings (SSSR count). The van der Waals surface area contributed by atoms with Crippen LogP contribution in [0.3, 0.4) is 0 Å². The zero-order valence-electron chi connectivity index (χ0n) is 13.1. The van der Waals surface area contributed by atoms with Gasteiger partial charge in [0.25, 0.3) is 10.2 Å². The van der Waals surface area contributed by atoms with Gasteiger partial charge in [0.2, 0.25) is 0 Å². The average molecular weight is 315 g/mol. The van der Waals surface area contributed by atoms with Crippen molar-refractivity contribution in [1.82, 2.24) is 14.3 Å². The summed E-state index contributed by atoms with van der Waals surface area (Å²) < 4.78 is 33.2. The minimum Gasteiger partial charge on any atom is -0.497 e. The van der Waals surface area contributed by atoms with Gasteiger partial charge in [0, 0.05) is 32.7 Å². The lowest BCUT2D eigenvalue weighted by Crippen LogP contribution is -2.41. The van der Waals surface area contributed by atoms with Crippen molar-refractivity contribution < 1.29 is 13.2 Å². The highest BCUT2D eigenvalue weighted by Gasteiger charge is 2.17. The van der Waals surface area contributed by atoms with Crippen molar-refractivity contribution in [2.45, 2.75) is 26.4 Å². The molecule has 1 aromatic rings. The van der Waals surface area contributed by atoms with Gasteiger partial charge in [-0.3, -0.25) is 0 Å². The van der Waals surface area contributed by atoms with Crippen LogP contribution in [0.15, 0.2) is 24.3 Å². The monoisotopic (exact) mass is 315 g/mol. The standard InChI is InChI=1S/C14H25N3O3S/c1-12(2)15-8-9-16-21(18,19)17(3)11-13-6-5-7-14(10-13)20-4/h5-7,10,12,15-16H,8-9,11H2,1-4H3. The molecule has 6 nitrogen and oxygen atoms in total. The smallest absolute Gasteiger partial charge is 0.279 e. The van der Waals surface area contributed by atoms with Gasteiger partial charge in [0.05, 0.1) is 7.11 Å². The van der Waals surface area contributed by atoms with Gasteiger partial charge in [0.1, 0.15) is 5.75 Å². The molecule has 0 aromatic heterocycles. The summed E-state index contributed by atoms with van der Waals surface area (Å²) in [6, 6.07) is 7.70. The van der Waals surface area contributed by atoms with E-state index in [9.17, 15) is 8.42 Å². The van der Waals surface area contributed by atoms with E-state index in [0.29, 0.717) is 31.4 Å². The first-order chi connectivity index (χ1) is 9.85. The molecule has 0 amide bonds. The Kier molecular flexibility index (Phi) is 7.10.